The van der Waals surface area contributed by atoms with E-state index in [2.05, 4.69) is 6.58 Å². The van der Waals surface area contributed by atoms with E-state index in [1.807, 2.05) is 6.92 Å². The molecule has 0 unspecified atom stereocenters. The molecule has 4 heteroatoms. The van der Waals surface area contributed by atoms with Crippen LogP contribution in [0.3, 0.4) is 0 Å². The highest BCUT2D eigenvalue weighted by molar-refractivity contribution is 5.66. The van der Waals surface area contributed by atoms with Crippen molar-refractivity contribution in [2.45, 2.75) is 6.92 Å². The van der Waals surface area contributed by atoms with Crippen LogP contribution in [0.5, 0.6) is 17.2 Å². The van der Waals surface area contributed by atoms with E-state index >= 15 is 0 Å². The zero-order valence-corrected chi connectivity index (χ0v) is 10.1. The van der Waals surface area contributed by atoms with Crippen LogP contribution in [0.25, 0.3) is 6.08 Å². The SMILES string of the molecule is C=Cc1ccc(OCC=O)c(OC)c1OCC. The van der Waals surface area contributed by atoms with Crippen molar-refractivity contribution in [2.75, 3.05) is 20.3 Å². The van der Waals surface area contributed by atoms with Gasteiger partial charge in [-0.3, -0.25) is 4.79 Å². The van der Waals surface area contributed by atoms with E-state index in [9.17, 15) is 4.79 Å². The zero-order valence-electron chi connectivity index (χ0n) is 10.1. The molecule has 0 radical (unpaired) electrons. The third kappa shape index (κ3) is 3.00. The van der Waals surface area contributed by atoms with Crippen LogP contribution in [-0.4, -0.2) is 26.6 Å². The number of hydrogen-bond donors (Lipinski definition) is 0. The number of ether oxygens (including phenoxy) is 3. The normalized spacial score (nSPS) is 9.53. The summed E-state index contributed by atoms with van der Waals surface area (Å²) in [5, 5.41) is 0. The van der Waals surface area contributed by atoms with Gasteiger partial charge in [-0.15, -0.1) is 0 Å². The number of carbonyl (C=O) groups excluding carboxylic acids is 1. The first-order chi connectivity index (χ1) is 8.28. The smallest absolute Gasteiger partial charge is 0.203 e. The lowest BCUT2D eigenvalue weighted by Crippen LogP contribution is -2.03. The van der Waals surface area contributed by atoms with E-state index < -0.39 is 0 Å². The van der Waals surface area contributed by atoms with Crippen LogP contribution in [0, 0.1) is 0 Å². The van der Waals surface area contributed by atoms with Gasteiger partial charge in [0.05, 0.1) is 13.7 Å². The average molecular weight is 236 g/mol. The van der Waals surface area contributed by atoms with Crippen molar-refractivity contribution in [1.82, 2.24) is 0 Å². The van der Waals surface area contributed by atoms with E-state index in [0.29, 0.717) is 30.1 Å². The molecular formula is C13H16O4. The van der Waals surface area contributed by atoms with E-state index in [-0.39, 0.29) is 6.61 Å². The van der Waals surface area contributed by atoms with Gasteiger partial charge in [-0.05, 0) is 19.1 Å². The number of methoxy groups -OCH3 is 1. The van der Waals surface area contributed by atoms with Crippen LogP contribution in [0.1, 0.15) is 12.5 Å². The highest BCUT2D eigenvalue weighted by Gasteiger charge is 2.14. The van der Waals surface area contributed by atoms with Crippen LogP contribution in [0.15, 0.2) is 18.7 Å². The molecule has 1 aromatic rings. The molecular weight excluding hydrogens is 220 g/mol. The molecule has 92 valence electrons. The number of aldehydes is 1. The first-order valence-electron chi connectivity index (χ1n) is 5.31. The molecule has 0 N–H and O–H groups in total. The Balaban J connectivity index is 3.19. The maximum Gasteiger partial charge on any atom is 0.203 e. The predicted octanol–water partition coefficient (Wildman–Crippen LogP) is 2.31. The van der Waals surface area contributed by atoms with Crippen molar-refractivity contribution >= 4 is 12.4 Å². The zero-order chi connectivity index (χ0) is 12.7. The quantitative estimate of drug-likeness (QED) is 0.681. The second-order valence-corrected chi connectivity index (χ2v) is 3.13. The third-order valence-corrected chi connectivity index (χ3v) is 2.13. The summed E-state index contributed by atoms with van der Waals surface area (Å²) in [5.41, 5.74) is 0.821. The fourth-order valence-electron chi connectivity index (χ4n) is 1.44. The van der Waals surface area contributed by atoms with Gasteiger partial charge in [-0.1, -0.05) is 12.7 Å². The highest BCUT2D eigenvalue weighted by atomic mass is 16.5. The lowest BCUT2D eigenvalue weighted by molar-refractivity contribution is -0.109. The van der Waals surface area contributed by atoms with Crippen LogP contribution >= 0.6 is 0 Å². The molecule has 0 aromatic heterocycles. The highest BCUT2D eigenvalue weighted by Crippen LogP contribution is 2.40. The summed E-state index contributed by atoms with van der Waals surface area (Å²) < 4.78 is 16.0. The summed E-state index contributed by atoms with van der Waals surface area (Å²) in [6.45, 7) is 6.08. The summed E-state index contributed by atoms with van der Waals surface area (Å²) in [6, 6.07) is 3.53. The maximum absolute atomic E-state index is 10.3. The van der Waals surface area contributed by atoms with Crippen molar-refractivity contribution in [3.8, 4) is 17.2 Å². The minimum atomic E-state index is -0.0185. The topological polar surface area (TPSA) is 44.8 Å². The second-order valence-electron chi connectivity index (χ2n) is 3.13. The molecule has 4 nitrogen and oxygen atoms in total. The molecule has 0 amide bonds. The van der Waals surface area contributed by atoms with Crippen molar-refractivity contribution in [2.24, 2.45) is 0 Å². The molecule has 0 aliphatic heterocycles. The van der Waals surface area contributed by atoms with Crippen LogP contribution in [-0.2, 0) is 4.79 Å². The fourth-order valence-corrected chi connectivity index (χ4v) is 1.44. The van der Waals surface area contributed by atoms with Crippen molar-refractivity contribution in [3.05, 3.63) is 24.3 Å². The molecule has 0 heterocycles. The Morgan fingerprint density at radius 2 is 2.06 bits per heavy atom. The minimum absolute atomic E-state index is 0.0185. The van der Waals surface area contributed by atoms with E-state index in [4.69, 9.17) is 14.2 Å². The lowest BCUT2D eigenvalue weighted by atomic mass is 10.1. The Hall–Kier alpha value is -1.97. The maximum atomic E-state index is 10.3. The van der Waals surface area contributed by atoms with Gasteiger partial charge in [-0.25, -0.2) is 0 Å². The van der Waals surface area contributed by atoms with Crippen molar-refractivity contribution in [1.29, 1.82) is 0 Å². The molecule has 0 bridgehead atoms. The van der Waals surface area contributed by atoms with E-state index in [0.717, 1.165) is 5.56 Å². The molecule has 17 heavy (non-hydrogen) atoms. The number of rotatable bonds is 7. The van der Waals surface area contributed by atoms with Gasteiger partial charge in [-0.2, -0.15) is 0 Å². The molecule has 0 saturated heterocycles. The number of hydrogen-bond acceptors (Lipinski definition) is 4. The van der Waals surface area contributed by atoms with Gasteiger partial charge in [0.25, 0.3) is 0 Å². The van der Waals surface area contributed by atoms with Gasteiger partial charge < -0.3 is 14.2 Å². The van der Waals surface area contributed by atoms with E-state index in [1.165, 1.54) is 7.11 Å². The van der Waals surface area contributed by atoms with Gasteiger partial charge in [0.1, 0.15) is 6.61 Å². The summed E-state index contributed by atoms with van der Waals surface area (Å²) in [7, 11) is 1.53. The first kappa shape index (κ1) is 13.1. The number of benzene rings is 1. The Morgan fingerprint density at radius 1 is 1.29 bits per heavy atom. The Labute approximate surface area is 101 Å². The number of carbonyl (C=O) groups is 1. The van der Waals surface area contributed by atoms with Crippen LogP contribution in [0.2, 0.25) is 0 Å². The third-order valence-electron chi connectivity index (χ3n) is 2.13. The van der Waals surface area contributed by atoms with Crippen LogP contribution in [0.4, 0.5) is 0 Å². The monoisotopic (exact) mass is 236 g/mol. The Bertz CT molecular complexity index is 399. The molecule has 1 rings (SSSR count). The predicted molar refractivity (Wildman–Crippen MR) is 65.8 cm³/mol. The standard InChI is InChI=1S/C13H16O4/c1-4-10-6-7-11(17-9-8-14)13(15-3)12(10)16-5-2/h4,6-8H,1,5,9H2,2-3H3. The Morgan fingerprint density at radius 3 is 2.59 bits per heavy atom. The van der Waals surface area contributed by atoms with Gasteiger partial charge >= 0.3 is 0 Å². The molecule has 0 aliphatic rings. The summed E-state index contributed by atoms with van der Waals surface area (Å²) in [6.07, 6.45) is 2.36. The van der Waals surface area contributed by atoms with Gasteiger partial charge in [0.2, 0.25) is 5.75 Å². The lowest BCUT2D eigenvalue weighted by Gasteiger charge is -2.15. The van der Waals surface area contributed by atoms with Crippen LogP contribution < -0.4 is 14.2 Å². The molecule has 0 saturated carbocycles. The molecule has 0 fully saturated rings. The first-order valence-corrected chi connectivity index (χ1v) is 5.31. The van der Waals surface area contributed by atoms with Gasteiger partial charge in [0, 0.05) is 5.56 Å². The average Bonchev–Trinajstić information content (AvgIpc) is 2.36. The largest absolute Gasteiger partial charge is 0.490 e. The molecule has 0 atom stereocenters. The summed E-state index contributed by atoms with van der Waals surface area (Å²) in [5.74, 6) is 1.54. The molecule has 0 aliphatic carbocycles. The summed E-state index contributed by atoms with van der Waals surface area (Å²) in [4.78, 5) is 10.3. The second kappa shape index (κ2) is 6.58. The molecule has 1 aromatic carbocycles. The fraction of sp³-hybridized carbons (Fsp3) is 0.308. The minimum Gasteiger partial charge on any atom is -0.490 e. The van der Waals surface area contributed by atoms with Crippen molar-refractivity contribution < 1.29 is 19.0 Å². The Kier molecular flexibility index (Phi) is 5.07. The van der Waals surface area contributed by atoms with Gasteiger partial charge in [0.15, 0.2) is 17.8 Å². The van der Waals surface area contributed by atoms with E-state index in [1.54, 1.807) is 18.2 Å². The summed E-state index contributed by atoms with van der Waals surface area (Å²) >= 11 is 0. The molecule has 0 spiro atoms. The van der Waals surface area contributed by atoms with Crippen molar-refractivity contribution in [3.63, 3.8) is 0 Å².